The first-order chi connectivity index (χ1) is 15.3. The molecule has 1 aliphatic rings. The van der Waals surface area contributed by atoms with Crippen molar-refractivity contribution in [3.05, 3.63) is 77.3 Å². The van der Waals surface area contributed by atoms with E-state index in [2.05, 4.69) is 15.7 Å². The highest BCUT2D eigenvalue weighted by Crippen LogP contribution is 2.46. The van der Waals surface area contributed by atoms with Crippen molar-refractivity contribution in [2.45, 2.75) is 24.7 Å². The van der Waals surface area contributed by atoms with Crippen LogP contribution in [0.2, 0.25) is 5.02 Å². The molecule has 0 radical (unpaired) electrons. The zero-order valence-electron chi connectivity index (χ0n) is 16.4. The molecule has 2 aromatic heterocycles. The van der Waals surface area contributed by atoms with Crippen LogP contribution in [0.15, 0.2) is 65.3 Å². The van der Waals surface area contributed by atoms with Crippen LogP contribution in [-0.4, -0.2) is 21.9 Å². The highest BCUT2D eigenvalue weighted by molar-refractivity contribution is 6.36. The van der Waals surface area contributed by atoms with Crippen molar-refractivity contribution in [1.29, 1.82) is 0 Å². The Bertz CT molecular complexity index is 1300. The van der Waals surface area contributed by atoms with E-state index >= 15 is 0 Å². The molecule has 3 heterocycles. The fourth-order valence-electron chi connectivity index (χ4n) is 3.93. The number of nitrogens with zero attached hydrogens (tertiary/aromatic N) is 2. The van der Waals surface area contributed by atoms with E-state index in [0.29, 0.717) is 11.4 Å². The molecular formula is C22H16ClF3N4O2. The van der Waals surface area contributed by atoms with E-state index in [0.717, 1.165) is 15.5 Å². The van der Waals surface area contributed by atoms with Gasteiger partial charge in [0.2, 0.25) is 0 Å². The first kappa shape index (κ1) is 20.4. The zero-order chi connectivity index (χ0) is 22.5. The lowest BCUT2D eigenvalue weighted by atomic mass is 10.0. The molecule has 164 valence electrons. The highest BCUT2D eigenvalue weighted by atomic mass is 35.5. The molecule has 10 heteroatoms. The van der Waals surface area contributed by atoms with Gasteiger partial charge in [-0.05, 0) is 23.6 Å². The van der Waals surface area contributed by atoms with Gasteiger partial charge in [-0.1, -0.05) is 48.0 Å². The Morgan fingerprint density at radius 2 is 1.94 bits per heavy atom. The van der Waals surface area contributed by atoms with Crippen molar-refractivity contribution in [3.63, 3.8) is 0 Å². The number of amides is 1. The van der Waals surface area contributed by atoms with Crippen LogP contribution >= 0.6 is 11.6 Å². The molecule has 0 aliphatic carbocycles. The SMILES string of the molecule is O=C(Nc1cccc2ccccc12)c1nn2c(c1Cl)NC(c1ccco1)CC2C(F)(F)F. The predicted octanol–water partition coefficient (Wildman–Crippen LogP) is 6.20. The van der Waals surface area contributed by atoms with E-state index in [1.54, 1.807) is 24.3 Å². The summed E-state index contributed by atoms with van der Waals surface area (Å²) in [7, 11) is 0. The Balaban J connectivity index is 1.52. The summed E-state index contributed by atoms with van der Waals surface area (Å²) in [5.41, 5.74) is 0.209. The minimum absolute atomic E-state index is 0.0790. The molecule has 1 aliphatic heterocycles. The van der Waals surface area contributed by atoms with Gasteiger partial charge in [0.1, 0.15) is 16.6 Å². The van der Waals surface area contributed by atoms with Crippen molar-refractivity contribution in [2.24, 2.45) is 0 Å². The van der Waals surface area contributed by atoms with E-state index in [-0.39, 0.29) is 23.0 Å². The van der Waals surface area contributed by atoms with Crippen LogP contribution in [0.5, 0.6) is 0 Å². The van der Waals surface area contributed by atoms with Crippen LogP contribution in [0.4, 0.5) is 24.7 Å². The van der Waals surface area contributed by atoms with Gasteiger partial charge in [-0.25, -0.2) is 4.68 Å². The van der Waals surface area contributed by atoms with Crippen molar-refractivity contribution in [2.75, 3.05) is 10.6 Å². The van der Waals surface area contributed by atoms with Crippen LogP contribution in [0.25, 0.3) is 10.8 Å². The molecule has 6 nitrogen and oxygen atoms in total. The first-order valence-electron chi connectivity index (χ1n) is 9.76. The van der Waals surface area contributed by atoms with Crippen LogP contribution in [-0.2, 0) is 0 Å². The zero-order valence-corrected chi connectivity index (χ0v) is 17.1. The third-order valence-electron chi connectivity index (χ3n) is 5.44. The molecule has 2 N–H and O–H groups in total. The van der Waals surface area contributed by atoms with E-state index in [4.69, 9.17) is 16.0 Å². The number of fused-ring (bicyclic) bond motifs is 2. The molecule has 0 spiro atoms. The van der Waals surface area contributed by atoms with Crippen molar-refractivity contribution >= 4 is 39.8 Å². The van der Waals surface area contributed by atoms with Crippen LogP contribution in [0.1, 0.15) is 34.8 Å². The van der Waals surface area contributed by atoms with E-state index in [1.807, 2.05) is 30.3 Å². The van der Waals surface area contributed by atoms with E-state index in [1.165, 1.54) is 6.26 Å². The van der Waals surface area contributed by atoms with Crippen molar-refractivity contribution in [1.82, 2.24) is 9.78 Å². The second-order valence-corrected chi connectivity index (χ2v) is 7.82. The van der Waals surface area contributed by atoms with Gasteiger partial charge in [0, 0.05) is 17.5 Å². The lowest BCUT2D eigenvalue weighted by molar-refractivity contribution is -0.174. The van der Waals surface area contributed by atoms with E-state index in [9.17, 15) is 18.0 Å². The second-order valence-electron chi connectivity index (χ2n) is 7.44. The third kappa shape index (κ3) is 3.48. The Morgan fingerprint density at radius 3 is 2.69 bits per heavy atom. The Kier molecular flexibility index (Phi) is 4.85. The number of benzene rings is 2. The number of aromatic nitrogens is 2. The lowest BCUT2D eigenvalue weighted by Crippen LogP contribution is -2.35. The molecule has 2 unspecified atom stereocenters. The number of halogens is 4. The highest BCUT2D eigenvalue weighted by Gasteiger charge is 2.48. The van der Waals surface area contributed by atoms with Gasteiger partial charge < -0.3 is 15.1 Å². The standard InChI is InChI=1S/C22H16ClF3N4O2/c23-18-19(21(31)28-14-8-3-6-12-5-1-2-7-13(12)14)29-30-17(22(24,25)26)11-15(27-20(18)30)16-9-4-10-32-16/h1-10,15,17,27H,11H2,(H,28,31). The maximum atomic E-state index is 13.8. The van der Waals surface area contributed by atoms with Gasteiger partial charge in [-0.15, -0.1) is 0 Å². The van der Waals surface area contributed by atoms with Gasteiger partial charge in [0.25, 0.3) is 5.91 Å². The first-order valence-corrected chi connectivity index (χ1v) is 10.1. The minimum Gasteiger partial charge on any atom is -0.467 e. The van der Waals surface area contributed by atoms with Gasteiger partial charge in [0.05, 0.1) is 12.3 Å². The number of furan rings is 1. The molecule has 0 fully saturated rings. The van der Waals surface area contributed by atoms with Gasteiger partial charge in [-0.2, -0.15) is 18.3 Å². The maximum absolute atomic E-state index is 13.8. The van der Waals surface area contributed by atoms with Crippen molar-refractivity contribution < 1.29 is 22.4 Å². The Labute approximate surface area is 185 Å². The largest absolute Gasteiger partial charge is 0.467 e. The smallest absolute Gasteiger partial charge is 0.410 e. The topological polar surface area (TPSA) is 72.1 Å². The number of anilines is 2. The average Bonchev–Trinajstić information content (AvgIpc) is 3.41. The summed E-state index contributed by atoms with van der Waals surface area (Å²) in [6.45, 7) is 0. The molecule has 0 bridgehead atoms. The molecule has 2 aromatic carbocycles. The minimum atomic E-state index is -4.60. The molecule has 0 saturated carbocycles. The molecule has 0 saturated heterocycles. The summed E-state index contributed by atoms with van der Waals surface area (Å²) in [6, 6.07) is 13.2. The quantitative estimate of drug-likeness (QED) is 0.382. The average molecular weight is 461 g/mol. The van der Waals surface area contributed by atoms with Gasteiger partial charge in [0.15, 0.2) is 11.7 Å². The summed E-state index contributed by atoms with van der Waals surface area (Å²) in [6.07, 6.45) is -3.57. The molecule has 5 rings (SSSR count). The Morgan fingerprint density at radius 1 is 1.16 bits per heavy atom. The summed E-state index contributed by atoms with van der Waals surface area (Å²) < 4.78 is 47.5. The molecule has 1 amide bonds. The number of alkyl halides is 3. The number of carbonyl (C=O) groups excluding carboxylic acids is 1. The summed E-state index contributed by atoms with van der Waals surface area (Å²) >= 11 is 6.36. The Hall–Kier alpha value is -3.46. The molecule has 4 aromatic rings. The maximum Gasteiger partial charge on any atom is 0.410 e. The predicted molar refractivity (Wildman–Crippen MR) is 114 cm³/mol. The number of nitrogens with one attached hydrogen (secondary N) is 2. The second kappa shape index (κ2) is 7.59. The summed E-state index contributed by atoms with van der Waals surface area (Å²) in [4.78, 5) is 13.0. The van der Waals surface area contributed by atoms with Crippen LogP contribution < -0.4 is 10.6 Å². The number of rotatable bonds is 3. The summed E-state index contributed by atoms with van der Waals surface area (Å²) in [5, 5.41) is 11.1. The molecule has 32 heavy (non-hydrogen) atoms. The van der Waals surface area contributed by atoms with Gasteiger partial charge >= 0.3 is 6.18 Å². The lowest BCUT2D eigenvalue weighted by Gasteiger charge is -2.32. The van der Waals surface area contributed by atoms with Crippen LogP contribution in [0.3, 0.4) is 0 Å². The van der Waals surface area contributed by atoms with Crippen LogP contribution in [0, 0.1) is 0 Å². The molecular weight excluding hydrogens is 445 g/mol. The fraction of sp³-hybridized carbons (Fsp3) is 0.182. The number of hydrogen-bond acceptors (Lipinski definition) is 4. The third-order valence-corrected chi connectivity index (χ3v) is 5.79. The summed E-state index contributed by atoms with van der Waals surface area (Å²) in [5.74, 6) is -0.445. The number of hydrogen-bond donors (Lipinski definition) is 2. The van der Waals surface area contributed by atoms with Gasteiger partial charge in [-0.3, -0.25) is 4.79 Å². The normalized spacial score (nSPS) is 18.2. The van der Waals surface area contributed by atoms with Crippen molar-refractivity contribution in [3.8, 4) is 0 Å². The van der Waals surface area contributed by atoms with E-state index < -0.39 is 24.2 Å². The molecule has 2 atom stereocenters. The number of carbonyl (C=O) groups is 1. The fourth-order valence-corrected chi connectivity index (χ4v) is 4.19. The monoisotopic (exact) mass is 460 g/mol.